The molecule has 696 valence electrons. The number of hydrogen-bond acceptors (Lipinski definition) is 30. The lowest BCUT2D eigenvalue weighted by molar-refractivity contribution is -0.143. The Balaban J connectivity index is 1.24. The molecule has 13 N–H and O–H groups in total. The summed E-state index contributed by atoms with van der Waals surface area (Å²) in [6.45, 7) is 2.99. The average Bonchev–Trinajstić information content (AvgIpc) is 0.701. The lowest BCUT2D eigenvalue weighted by atomic mass is 9.81. The molecule has 2 aliphatic heterocycles. The van der Waals surface area contributed by atoms with Crippen LogP contribution in [-0.4, -0.2) is 277 Å². The largest absolute Gasteiger partial charge is 0.489 e. The molecule has 0 radical (unpaired) electrons. The maximum Gasteiger partial charge on any atom is 0.306 e. The maximum absolute atomic E-state index is 14.7. The number of carboxylic acid groups (broad SMARTS) is 1. The third-order valence-corrected chi connectivity index (χ3v) is 24.8. The molecule has 3 aliphatic rings. The molecule has 2 atom stereocenters. The van der Waals surface area contributed by atoms with Crippen molar-refractivity contribution < 1.29 is 145 Å². The molecule has 6 rings (SSSR count). The highest BCUT2D eigenvalue weighted by atomic mass is 32.2. The molecule has 3 fully saturated rings. The molecule has 3 heterocycles. The van der Waals surface area contributed by atoms with Crippen LogP contribution in [0.15, 0.2) is 24.3 Å². The lowest BCUT2D eigenvalue weighted by Crippen LogP contribution is -2.52. The van der Waals surface area contributed by atoms with Crippen molar-refractivity contribution in [2.75, 3.05) is 123 Å². The van der Waals surface area contributed by atoms with Crippen molar-refractivity contribution >= 4 is 114 Å². The van der Waals surface area contributed by atoms with Crippen molar-refractivity contribution in [3.63, 3.8) is 0 Å². The number of anilines is 2. The van der Waals surface area contributed by atoms with E-state index in [9.17, 15) is 116 Å². The number of carboxylic acids is 1. The molecule has 123 heavy (non-hydrogen) atoms. The molecular formula is C74H117N11O32S6. The van der Waals surface area contributed by atoms with E-state index >= 15 is 0 Å². The van der Waals surface area contributed by atoms with Crippen molar-refractivity contribution in [3.8, 4) is 34.5 Å². The number of carbonyl (C=O) groups is 7. The Bertz CT molecular complexity index is 4310. The molecule has 1 saturated carbocycles. The van der Waals surface area contributed by atoms with Gasteiger partial charge in [-0.2, -0.15) is 65.5 Å². The smallest absolute Gasteiger partial charge is 0.306 e. The van der Waals surface area contributed by atoms with Gasteiger partial charge in [-0.15, -0.1) is 0 Å². The van der Waals surface area contributed by atoms with Gasteiger partial charge in [0.05, 0.1) is 80.1 Å². The Kier molecular flexibility index (Phi) is 42.6. The fourth-order valence-electron chi connectivity index (χ4n) is 13.4. The second kappa shape index (κ2) is 50.7. The quantitative estimate of drug-likeness (QED) is 0.0281. The van der Waals surface area contributed by atoms with Crippen LogP contribution in [0, 0.1) is 5.92 Å². The van der Waals surface area contributed by atoms with Gasteiger partial charge in [0, 0.05) is 81.2 Å². The first-order chi connectivity index (χ1) is 57.9. The van der Waals surface area contributed by atoms with Crippen molar-refractivity contribution in [3.05, 3.63) is 41.2 Å². The van der Waals surface area contributed by atoms with Gasteiger partial charge in [-0.1, -0.05) is 26.7 Å². The summed E-state index contributed by atoms with van der Waals surface area (Å²) in [7, 11) is -26.9. The normalized spacial score (nSPS) is 16.3. The summed E-state index contributed by atoms with van der Waals surface area (Å²) in [5, 5.41) is 27.3. The van der Waals surface area contributed by atoms with Gasteiger partial charge in [-0.25, -0.2) is 0 Å². The van der Waals surface area contributed by atoms with Crippen molar-refractivity contribution in [2.45, 2.75) is 211 Å². The summed E-state index contributed by atoms with van der Waals surface area (Å²) in [6.07, 6.45) is 6.15. The number of aliphatic carboxylic acids is 1. The number of nitrogens with zero attached hydrogens (tertiary/aromatic N) is 5. The van der Waals surface area contributed by atoms with Gasteiger partial charge >= 0.3 is 5.97 Å². The van der Waals surface area contributed by atoms with E-state index in [4.69, 9.17) is 43.4 Å². The van der Waals surface area contributed by atoms with E-state index in [1.807, 2.05) is 23.6 Å². The van der Waals surface area contributed by atoms with Crippen LogP contribution in [0.1, 0.15) is 213 Å². The van der Waals surface area contributed by atoms with E-state index < -0.39 is 195 Å². The van der Waals surface area contributed by atoms with Gasteiger partial charge < -0.3 is 75.2 Å². The molecule has 49 heteroatoms. The highest BCUT2D eigenvalue weighted by molar-refractivity contribution is 7.87. The van der Waals surface area contributed by atoms with Crippen LogP contribution in [0.3, 0.4) is 0 Å². The third-order valence-electron chi connectivity index (χ3n) is 19.9. The Morgan fingerprint density at radius 2 is 0.707 bits per heavy atom. The predicted molar refractivity (Wildman–Crippen MR) is 446 cm³/mol. The molecule has 2 saturated heterocycles. The minimum absolute atomic E-state index is 0.0354. The fourth-order valence-corrected chi connectivity index (χ4v) is 16.3. The molecule has 1 aromatic heterocycles. The highest BCUT2D eigenvalue weighted by Gasteiger charge is 2.35. The number of ether oxygens (including phenoxy) is 6. The minimum Gasteiger partial charge on any atom is -0.489 e. The Morgan fingerprint density at radius 3 is 0.992 bits per heavy atom. The molecule has 1 aliphatic carbocycles. The molecule has 6 amide bonds. The summed E-state index contributed by atoms with van der Waals surface area (Å²) < 4.78 is 231. The first-order valence-corrected chi connectivity index (χ1v) is 50.7. The van der Waals surface area contributed by atoms with Crippen LogP contribution in [-0.2, 0) is 84.7 Å². The Labute approximate surface area is 717 Å². The maximum atomic E-state index is 14.7. The van der Waals surface area contributed by atoms with Crippen LogP contribution in [0.4, 0.5) is 11.9 Å². The number of amides is 6. The van der Waals surface area contributed by atoms with Crippen LogP contribution in [0.2, 0.25) is 0 Å². The SMILES string of the molecule is CCCCC(=O)NCCCCC(NC(=O)c1cc(OCCCS(=O)(=O)O)c(OCCCS(=O)(=O)O)c(OCCCS(=O)(=O)O)c1)C(=O)NC1CCN(c2nc(C3CCC(C(=O)O)CC3)nc(N3CCC(NC(=O)C(CCCCNC(=O)CCCC)NC(=O)c4cc(OCCCS(=O)(=O)O)c(OCCCS(=O)(=O)O)c(OCCCS(=O)(=O)O)c4)CC3)n2)CC1. The second-order valence-electron chi connectivity index (χ2n) is 30.2. The Hall–Kier alpha value is -8.40. The van der Waals surface area contributed by atoms with Crippen LogP contribution in [0.25, 0.3) is 0 Å². The first-order valence-electron chi connectivity index (χ1n) is 41.0. The van der Waals surface area contributed by atoms with E-state index in [0.717, 1.165) is 37.1 Å². The number of carbonyl (C=O) groups excluding carboxylic acids is 6. The van der Waals surface area contributed by atoms with E-state index in [1.165, 1.54) is 0 Å². The number of benzene rings is 2. The molecule has 2 aromatic carbocycles. The fraction of sp³-hybridized carbons (Fsp3) is 0.703. The van der Waals surface area contributed by atoms with Crippen LogP contribution < -0.4 is 70.1 Å². The van der Waals surface area contributed by atoms with E-state index in [0.29, 0.717) is 120 Å². The van der Waals surface area contributed by atoms with Gasteiger partial charge in [0.2, 0.25) is 47.0 Å². The predicted octanol–water partition coefficient (Wildman–Crippen LogP) is 3.89. The number of unbranched alkanes of at least 4 members (excludes halogenated alkanes) is 4. The molecule has 2 unspecified atom stereocenters. The standard InChI is InChI=1S/C74H117N11O32S6/c1-3-5-19-63(86)75-29-9-7-17-57(79-68(88)53-47-59(112-35-11-41-118(94,95)96)65(116-39-15-45-122(106,107)108)60(48-53)113-36-12-42-119(97,98)99)70(90)77-55-25-31-84(32-26-55)73-81-67(51-21-23-52(24-22-51)72(92)93)82-74(83-73)85-33-27-56(28-34-85)78-71(91)58(18-8-10-30-76-64(87)20-6-4-2)80-69(89)54-49-61(114-37-13-43-120(100,101)102)66(117-40-16-46-123(109,110)111)62(50-54)115-38-14-44-121(103,104)105/h47-52,55-58H,3-46H2,1-2H3,(H,75,86)(H,76,87)(H,77,90)(H,78,91)(H,79,88)(H,80,89)(H,92,93)(H,94,95,96)(H,97,98,99)(H,100,101,102)(H,103,104,105)(H,106,107,108)(H,109,110,111). The number of rotatable bonds is 58. The topological polar surface area (TPSA) is 639 Å². The Morgan fingerprint density at radius 1 is 0.407 bits per heavy atom. The molecule has 0 spiro atoms. The first kappa shape index (κ1) is 103. The van der Waals surface area contributed by atoms with Gasteiger partial charge in [-0.3, -0.25) is 60.9 Å². The summed E-state index contributed by atoms with van der Waals surface area (Å²) >= 11 is 0. The van der Waals surface area contributed by atoms with Crippen molar-refractivity contribution in [2.24, 2.45) is 5.92 Å². The molecule has 3 aromatic rings. The number of piperidine rings is 2. The highest BCUT2D eigenvalue weighted by Crippen LogP contribution is 2.42. The van der Waals surface area contributed by atoms with Gasteiger partial charge in [0.1, 0.15) is 17.9 Å². The van der Waals surface area contributed by atoms with Gasteiger partial charge in [0.25, 0.3) is 72.5 Å². The van der Waals surface area contributed by atoms with E-state index in [1.54, 1.807) is 0 Å². The summed E-state index contributed by atoms with van der Waals surface area (Å²) in [4.78, 5) is 115. The summed E-state index contributed by atoms with van der Waals surface area (Å²) in [5.41, 5.74) is -0.474. The van der Waals surface area contributed by atoms with E-state index in [-0.39, 0.29) is 154 Å². The van der Waals surface area contributed by atoms with Crippen LogP contribution in [0.5, 0.6) is 34.5 Å². The van der Waals surface area contributed by atoms with Gasteiger partial charge in [0.15, 0.2) is 23.0 Å². The summed E-state index contributed by atoms with van der Waals surface area (Å²) in [5.74, 6) is -10.2. The van der Waals surface area contributed by atoms with Crippen LogP contribution >= 0.6 is 0 Å². The lowest BCUT2D eigenvalue weighted by Gasteiger charge is -2.36. The molecule has 43 nitrogen and oxygen atoms in total. The average molecular weight is 1870 g/mol. The molecular weight excluding hydrogens is 1750 g/mol. The zero-order chi connectivity index (χ0) is 90.6. The second-order valence-corrected chi connectivity index (χ2v) is 39.6. The monoisotopic (exact) mass is 1860 g/mol. The zero-order valence-corrected chi connectivity index (χ0v) is 73.8. The van der Waals surface area contributed by atoms with E-state index in [2.05, 4.69) is 31.9 Å². The number of hydrogen-bond donors (Lipinski definition) is 13. The number of nitrogens with one attached hydrogen (secondary N) is 6. The van der Waals surface area contributed by atoms with Gasteiger partial charge in [-0.05, 0) is 166 Å². The summed E-state index contributed by atoms with van der Waals surface area (Å²) in [6, 6.07) is 1.13. The minimum atomic E-state index is -4.48. The number of aromatic nitrogens is 3. The van der Waals surface area contributed by atoms with Crippen molar-refractivity contribution in [1.82, 2.24) is 46.9 Å². The van der Waals surface area contributed by atoms with Crippen molar-refractivity contribution in [1.29, 1.82) is 0 Å². The zero-order valence-electron chi connectivity index (χ0n) is 68.9. The molecule has 0 bridgehead atoms. The third kappa shape index (κ3) is 41.1.